The predicted octanol–water partition coefficient (Wildman–Crippen LogP) is 2.97. The van der Waals surface area contributed by atoms with Crippen molar-refractivity contribution in [1.29, 1.82) is 0 Å². The third-order valence-corrected chi connectivity index (χ3v) is 3.63. The Morgan fingerprint density at radius 1 is 1.29 bits per heavy atom. The van der Waals surface area contributed by atoms with Crippen LogP contribution >= 0.6 is 0 Å². The van der Waals surface area contributed by atoms with Gasteiger partial charge < -0.3 is 9.64 Å². The minimum Gasteiger partial charge on any atom is -0.493 e. The number of benzene rings is 1. The molecule has 0 N–H and O–H groups in total. The smallest absolute Gasteiger partial charge is 0.119 e. The average Bonchev–Trinajstić information content (AvgIpc) is 2.38. The van der Waals surface area contributed by atoms with Crippen LogP contribution in [0, 0.1) is 5.92 Å². The molecule has 0 atom stereocenters. The first-order valence-corrected chi connectivity index (χ1v) is 6.68. The summed E-state index contributed by atoms with van der Waals surface area (Å²) in [5.74, 6) is 1.76. The molecule has 1 fully saturated rings. The molecule has 17 heavy (non-hydrogen) atoms. The van der Waals surface area contributed by atoms with Gasteiger partial charge in [-0.2, -0.15) is 0 Å². The minimum atomic E-state index is 0.733. The van der Waals surface area contributed by atoms with Crippen LogP contribution in [0.1, 0.15) is 25.3 Å². The van der Waals surface area contributed by atoms with E-state index in [4.69, 9.17) is 4.74 Å². The van der Waals surface area contributed by atoms with E-state index in [-0.39, 0.29) is 0 Å². The van der Waals surface area contributed by atoms with Crippen LogP contribution in [0.15, 0.2) is 24.3 Å². The Labute approximate surface area is 105 Å². The van der Waals surface area contributed by atoms with Gasteiger partial charge in [0.25, 0.3) is 0 Å². The Bertz CT molecular complexity index is 343. The lowest BCUT2D eigenvalue weighted by Crippen LogP contribution is -2.32. The van der Waals surface area contributed by atoms with Crippen molar-refractivity contribution >= 4 is 0 Å². The molecule has 0 radical (unpaired) electrons. The summed E-state index contributed by atoms with van der Waals surface area (Å²) in [6, 6.07) is 8.47. The highest BCUT2D eigenvalue weighted by Crippen LogP contribution is 2.19. The number of likely N-dealkylation sites (tertiary alicyclic amines) is 1. The summed E-state index contributed by atoms with van der Waals surface area (Å²) in [4.78, 5) is 2.40. The summed E-state index contributed by atoms with van der Waals surface area (Å²) in [5, 5.41) is 0. The number of hydrogen-bond acceptors (Lipinski definition) is 2. The fourth-order valence-electron chi connectivity index (χ4n) is 2.30. The minimum absolute atomic E-state index is 0.733. The van der Waals surface area contributed by atoms with E-state index in [2.05, 4.69) is 43.1 Å². The van der Waals surface area contributed by atoms with Crippen LogP contribution in [0.3, 0.4) is 0 Å². The second kappa shape index (κ2) is 6.06. The largest absolute Gasteiger partial charge is 0.493 e. The van der Waals surface area contributed by atoms with E-state index < -0.39 is 0 Å². The summed E-state index contributed by atoms with van der Waals surface area (Å²) < 4.78 is 5.90. The molecule has 0 aliphatic carbocycles. The van der Waals surface area contributed by atoms with Crippen LogP contribution in [0.4, 0.5) is 0 Å². The van der Waals surface area contributed by atoms with Crippen molar-refractivity contribution in [3.8, 4) is 5.75 Å². The van der Waals surface area contributed by atoms with Crippen LogP contribution in [-0.2, 0) is 6.42 Å². The molecular weight excluding hydrogens is 210 g/mol. The maximum atomic E-state index is 5.90. The second-order valence-electron chi connectivity index (χ2n) is 5.06. The summed E-state index contributed by atoms with van der Waals surface area (Å²) in [6.07, 6.45) is 3.61. The van der Waals surface area contributed by atoms with Gasteiger partial charge >= 0.3 is 0 Å². The zero-order valence-corrected chi connectivity index (χ0v) is 11.0. The molecule has 0 bridgehead atoms. The zero-order valence-electron chi connectivity index (χ0n) is 11.0. The van der Waals surface area contributed by atoms with E-state index in [1.807, 2.05) is 0 Å². The molecule has 0 saturated carbocycles. The molecule has 0 unspecified atom stereocenters. The monoisotopic (exact) mass is 233 g/mol. The SMILES string of the molecule is CCc1cccc(OCC2CCN(C)CC2)c1. The molecule has 0 aromatic heterocycles. The van der Waals surface area contributed by atoms with Gasteiger partial charge in [-0.15, -0.1) is 0 Å². The van der Waals surface area contributed by atoms with Crippen molar-refractivity contribution in [1.82, 2.24) is 4.90 Å². The van der Waals surface area contributed by atoms with Crippen molar-refractivity contribution in [2.45, 2.75) is 26.2 Å². The first-order valence-electron chi connectivity index (χ1n) is 6.68. The number of rotatable bonds is 4. The van der Waals surface area contributed by atoms with Gasteiger partial charge in [0.1, 0.15) is 5.75 Å². The summed E-state index contributed by atoms with van der Waals surface area (Å²) in [5.41, 5.74) is 1.35. The molecule has 1 aromatic rings. The molecule has 2 nitrogen and oxygen atoms in total. The Morgan fingerprint density at radius 3 is 2.76 bits per heavy atom. The van der Waals surface area contributed by atoms with Crippen LogP contribution in [-0.4, -0.2) is 31.6 Å². The van der Waals surface area contributed by atoms with Gasteiger partial charge in [0.15, 0.2) is 0 Å². The van der Waals surface area contributed by atoms with Crippen LogP contribution < -0.4 is 4.74 Å². The molecule has 1 aliphatic rings. The molecule has 0 amide bonds. The van der Waals surface area contributed by atoms with Gasteiger partial charge in [0, 0.05) is 0 Å². The van der Waals surface area contributed by atoms with E-state index in [0.717, 1.165) is 24.7 Å². The van der Waals surface area contributed by atoms with Gasteiger partial charge in [-0.05, 0) is 63.0 Å². The fourth-order valence-corrected chi connectivity index (χ4v) is 2.30. The van der Waals surface area contributed by atoms with Crippen LogP contribution in [0.5, 0.6) is 5.75 Å². The Balaban J connectivity index is 1.81. The molecule has 94 valence electrons. The predicted molar refractivity (Wildman–Crippen MR) is 71.5 cm³/mol. The zero-order chi connectivity index (χ0) is 12.1. The molecule has 1 aliphatic heterocycles. The highest BCUT2D eigenvalue weighted by atomic mass is 16.5. The number of aryl methyl sites for hydroxylation is 1. The topological polar surface area (TPSA) is 12.5 Å². The highest BCUT2D eigenvalue weighted by Gasteiger charge is 2.16. The lowest BCUT2D eigenvalue weighted by atomic mass is 9.98. The van der Waals surface area contributed by atoms with E-state index in [0.29, 0.717) is 0 Å². The summed E-state index contributed by atoms with van der Waals surface area (Å²) >= 11 is 0. The summed E-state index contributed by atoms with van der Waals surface area (Å²) in [7, 11) is 2.20. The normalized spacial score (nSPS) is 18.2. The molecule has 1 heterocycles. The van der Waals surface area contributed by atoms with Gasteiger partial charge in [0.05, 0.1) is 6.61 Å². The Kier molecular flexibility index (Phi) is 4.43. The maximum absolute atomic E-state index is 5.90. The average molecular weight is 233 g/mol. The van der Waals surface area contributed by atoms with Gasteiger partial charge in [-0.1, -0.05) is 19.1 Å². The van der Waals surface area contributed by atoms with Crippen LogP contribution in [0.2, 0.25) is 0 Å². The Morgan fingerprint density at radius 2 is 2.06 bits per heavy atom. The van der Waals surface area contributed by atoms with E-state index in [9.17, 15) is 0 Å². The molecule has 2 rings (SSSR count). The number of nitrogens with zero attached hydrogens (tertiary/aromatic N) is 1. The van der Waals surface area contributed by atoms with Crippen molar-refractivity contribution in [2.24, 2.45) is 5.92 Å². The Hall–Kier alpha value is -1.02. The van der Waals surface area contributed by atoms with E-state index in [1.54, 1.807) is 0 Å². The molecule has 1 aromatic carbocycles. The lowest BCUT2D eigenvalue weighted by molar-refractivity contribution is 0.160. The molecule has 0 spiro atoms. The third kappa shape index (κ3) is 3.74. The maximum Gasteiger partial charge on any atom is 0.119 e. The fraction of sp³-hybridized carbons (Fsp3) is 0.600. The highest BCUT2D eigenvalue weighted by molar-refractivity contribution is 5.28. The quantitative estimate of drug-likeness (QED) is 0.792. The van der Waals surface area contributed by atoms with Crippen molar-refractivity contribution < 1.29 is 4.74 Å². The van der Waals surface area contributed by atoms with Gasteiger partial charge in [0.2, 0.25) is 0 Å². The molecule has 2 heteroatoms. The number of piperidine rings is 1. The van der Waals surface area contributed by atoms with Crippen LogP contribution in [0.25, 0.3) is 0 Å². The standard InChI is InChI=1S/C15H23NO/c1-3-13-5-4-6-15(11-13)17-12-14-7-9-16(2)10-8-14/h4-6,11,14H,3,7-10,12H2,1-2H3. The second-order valence-corrected chi connectivity index (χ2v) is 5.06. The van der Waals surface area contributed by atoms with Crippen molar-refractivity contribution in [3.63, 3.8) is 0 Å². The first kappa shape index (κ1) is 12.4. The first-order chi connectivity index (χ1) is 8.28. The summed E-state index contributed by atoms with van der Waals surface area (Å²) in [6.45, 7) is 5.48. The van der Waals surface area contributed by atoms with E-state index in [1.165, 1.54) is 31.5 Å². The number of hydrogen-bond donors (Lipinski definition) is 0. The lowest BCUT2D eigenvalue weighted by Gasteiger charge is -2.28. The van der Waals surface area contributed by atoms with Crippen molar-refractivity contribution in [2.75, 3.05) is 26.7 Å². The van der Waals surface area contributed by atoms with Gasteiger partial charge in [-0.25, -0.2) is 0 Å². The molecule has 1 saturated heterocycles. The number of ether oxygens (including phenoxy) is 1. The van der Waals surface area contributed by atoms with E-state index >= 15 is 0 Å². The van der Waals surface area contributed by atoms with Gasteiger partial charge in [-0.3, -0.25) is 0 Å². The third-order valence-electron chi connectivity index (χ3n) is 3.63. The molecular formula is C15H23NO. The van der Waals surface area contributed by atoms with Crippen molar-refractivity contribution in [3.05, 3.63) is 29.8 Å².